The average molecular weight is 477 g/mol. The van der Waals surface area contributed by atoms with E-state index in [-0.39, 0.29) is 24.5 Å². The molecule has 1 aromatic heterocycles. The molecule has 2 aliphatic heterocycles. The summed E-state index contributed by atoms with van der Waals surface area (Å²) in [5, 5.41) is 4.12. The van der Waals surface area contributed by atoms with Crippen LogP contribution in [0.15, 0.2) is 47.0 Å². The summed E-state index contributed by atoms with van der Waals surface area (Å²) in [6, 6.07) is 13.1. The summed E-state index contributed by atoms with van der Waals surface area (Å²) in [6.07, 6.45) is 0.360. The van der Waals surface area contributed by atoms with Gasteiger partial charge in [-0.15, -0.1) is 0 Å². The summed E-state index contributed by atoms with van der Waals surface area (Å²) in [5.41, 5.74) is 2.60. The summed E-state index contributed by atoms with van der Waals surface area (Å²) in [5.74, 6) is 2.30. The van der Waals surface area contributed by atoms with E-state index in [1.54, 1.807) is 18.2 Å². The summed E-state index contributed by atoms with van der Waals surface area (Å²) in [4.78, 5) is 33.8. The molecule has 0 atom stereocenters. The van der Waals surface area contributed by atoms with Gasteiger partial charge in [0.05, 0.1) is 6.54 Å². The van der Waals surface area contributed by atoms with Crippen LogP contribution in [0.25, 0.3) is 11.4 Å². The van der Waals surface area contributed by atoms with Gasteiger partial charge in [0.25, 0.3) is 0 Å². The summed E-state index contributed by atoms with van der Waals surface area (Å²) >= 11 is 0. The molecule has 1 amide bonds. The van der Waals surface area contributed by atoms with E-state index in [0.717, 1.165) is 11.1 Å². The van der Waals surface area contributed by atoms with Crippen LogP contribution in [0.1, 0.15) is 34.7 Å². The van der Waals surface area contributed by atoms with Crippen molar-refractivity contribution in [3.8, 4) is 22.9 Å². The molecule has 3 aromatic rings. The quantitative estimate of drug-likeness (QED) is 0.480. The van der Waals surface area contributed by atoms with Crippen LogP contribution in [-0.2, 0) is 11.3 Å². The standard InChI is InChI=1S/C26H28N4O5/c1-18-4-2-3-5-20(18)26-27-24(35-28-26)17-29-10-12-30(13-11-29)25(32)9-7-21(31)19-6-8-22-23(16-19)34-15-14-33-22/h2-6,8,16H,7,9-15,17H2,1H3. The van der Waals surface area contributed by atoms with Gasteiger partial charge in [-0.2, -0.15) is 4.98 Å². The van der Waals surface area contributed by atoms with Crippen LogP contribution in [0.3, 0.4) is 0 Å². The number of rotatable bonds is 7. The Hall–Kier alpha value is -3.72. The van der Waals surface area contributed by atoms with E-state index in [1.165, 1.54) is 0 Å². The van der Waals surface area contributed by atoms with Crippen LogP contribution in [0.5, 0.6) is 11.5 Å². The van der Waals surface area contributed by atoms with E-state index in [2.05, 4.69) is 15.0 Å². The van der Waals surface area contributed by atoms with E-state index in [4.69, 9.17) is 14.0 Å². The van der Waals surface area contributed by atoms with Crippen LogP contribution >= 0.6 is 0 Å². The van der Waals surface area contributed by atoms with Gasteiger partial charge >= 0.3 is 0 Å². The lowest BCUT2D eigenvalue weighted by molar-refractivity contribution is -0.133. The molecule has 9 nitrogen and oxygen atoms in total. The first kappa shape index (κ1) is 23.0. The number of aryl methyl sites for hydroxylation is 1. The van der Waals surface area contributed by atoms with Gasteiger partial charge in [-0.3, -0.25) is 14.5 Å². The molecule has 2 aliphatic rings. The highest BCUT2D eigenvalue weighted by molar-refractivity contribution is 5.98. The van der Waals surface area contributed by atoms with Gasteiger partial charge in [-0.05, 0) is 30.7 Å². The molecule has 5 rings (SSSR count). The van der Waals surface area contributed by atoms with Crippen LogP contribution in [0.4, 0.5) is 0 Å². The number of benzene rings is 2. The molecule has 0 bridgehead atoms. The second kappa shape index (κ2) is 10.3. The third-order valence-electron chi connectivity index (χ3n) is 6.37. The summed E-state index contributed by atoms with van der Waals surface area (Å²) < 4.78 is 16.5. The van der Waals surface area contributed by atoms with E-state index >= 15 is 0 Å². The lowest BCUT2D eigenvalue weighted by Crippen LogP contribution is -2.48. The lowest BCUT2D eigenvalue weighted by Gasteiger charge is -2.34. The molecule has 0 saturated carbocycles. The van der Waals surface area contributed by atoms with E-state index in [1.807, 2.05) is 36.1 Å². The second-order valence-corrected chi connectivity index (χ2v) is 8.77. The molecule has 0 spiro atoms. The number of Topliss-reactive ketones (excluding diaryl/α,β-unsaturated/α-hetero) is 1. The molecule has 0 aliphatic carbocycles. The molecular weight excluding hydrogens is 448 g/mol. The Morgan fingerprint density at radius 2 is 1.71 bits per heavy atom. The Kier molecular flexibility index (Phi) is 6.76. The maximum absolute atomic E-state index is 12.7. The van der Waals surface area contributed by atoms with Crippen molar-refractivity contribution in [1.82, 2.24) is 19.9 Å². The number of fused-ring (bicyclic) bond motifs is 1. The molecule has 0 unspecified atom stereocenters. The summed E-state index contributed by atoms with van der Waals surface area (Å²) in [6.45, 7) is 6.18. The van der Waals surface area contributed by atoms with Crippen molar-refractivity contribution in [1.29, 1.82) is 0 Å². The van der Waals surface area contributed by atoms with Crippen molar-refractivity contribution in [2.75, 3.05) is 39.4 Å². The second-order valence-electron chi connectivity index (χ2n) is 8.77. The zero-order valence-electron chi connectivity index (χ0n) is 19.7. The largest absolute Gasteiger partial charge is 0.486 e. The molecule has 0 radical (unpaired) electrons. The third kappa shape index (κ3) is 5.35. The van der Waals surface area contributed by atoms with Crippen molar-refractivity contribution in [2.24, 2.45) is 0 Å². The molecule has 1 saturated heterocycles. The van der Waals surface area contributed by atoms with Crippen molar-refractivity contribution < 1.29 is 23.6 Å². The minimum Gasteiger partial charge on any atom is -0.486 e. The minimum atomic E-state index is -0.0742. The van der Waals surface area contributed by atoms with Crippen LogP contribution in [-0.4, -0.2) is 71.0 Å². The molecule has 0 N–H and O–H groups in total. The first-order valence-corrected chi connectivity index (χ1v) is 11.9. The van der Waals surface area contributed by atoms with Crippen LogP contribution < -0.4 is 9.47 Å². The van der Waals surface area contributed by atoms with E-state index in [9.17, 15) is 9.59 Å². The maximum Gasteiger partial charge on any atom is 0.241 e. The minimum absolute atomic E-state index is 0.00447. The number of piperazine rings is 1. The predicted molar refractivity (Wildman–Crippen MR) is 127 cm³/mol. The van der Waals surface area contributed by atoms with Crippen LogP contribution in [0.2, 0.25) is 0 Å². The van der Waals surface area contributed by atoms with Crippen molar-refractivity contribution in [3.63, 3.8) is 0 Å². The number of aromatic nitrogens is 2. The van der Waals surface area contributed by atoms with Crippen molar-refractivity contribution in [2.45, 2.75) is 26.3 Å². The number of ether oxygens (including phenoxy) is 2. The van der Waals surface area contributed by atoms with E-state index < -0.39 is 0 Å². The van der Waals surface area contributed by atoms with Crippen LogP contribution in [0, 0.1) is 6.92 Å². The third-order valence-corrected chi connectivity index (χ3v) is 6.37. The lowest BCUT2D eigenvalue weighted by atomic mass is 10.1. The fourth-order valence-electron chi connectivity index (χ4n) is 4.34. The van der Waals surface area contributed by atoms with Gasteiger partial charge in [-0.1, -0.05) is 29.4 Å². The Morgan fingerprint density at radius 1 is 0.943 bits per heavy atom. The number of hydrogen-bond acceptors (Lipinski definition) is 8. The monoisotopic (exact) mass is 476 g/mol. The zero-order valence-corrected chi connectivity index (χ0v) is 19.7. The average Bonchev–Trinajstić information content (AvgIpc) is 3.35. The zero-order chi connectivity index (χ0) is 24.2. The normalized spacial score (nSPS) is 15.7. The highest BCUT2D eigenvalue weighted by Crippen LogP contribution is 2.31. The smallest absolute Gasteiger partial charge is 0.241 e. The number of nitrogens with zero attached hydrogens (tertiary/aromatic N) is 4. The fraction of sp³-hybridized carbons (Fsp3) is 0.385. The Bertz CT molecular complexity index is 1220. The van der Waals surface area contributed by atoms with Gasteiger partial charge in [0.1, 0.15) is 13.2 Å². The van der Waals surface area contributed by atoms with Gasteiger partial charge < -0.3 is 18.9 Å². The first-order valence-electron chi connectivity index (χ1n) is 11.9. The molecular formula is C26H28N4O5. The topological polar surface area (TPSA) is 98.0 Å². The Balaban J connectivity index is 1.08. The van der Waals surface area contributed by atoms with Gasteiger partial charge in [0, 0.05) is 50.1 Å². The summed E-state index contributed by atoms with van der Waals surface area (Å²) in [7, 11) is 0. The number of amides is 1. The Labute approximate surface area is 203 Å². The Morgan fingerprint density at radius 3 is 2.51 bits per heavy atom. The van der Waals surface area contributed by atoms with Crippen molar-refractivity contribution in [3.05, 3.63) is 59.5 Å². The highest BCUT2D eigenvalue weighted by atomic mass is 16.6. The maximum atomic E-state index is 12.7. The van der Waals surface area contributed by atoms with Crippen molar-refractivity contribution >= 4 is 11.7 Å². The fourth-order valence-corrected chi connectivity index (χ4v) is 4.34. The number of hydrogen-bond donors (Lipinski definition) is 0. The molecule has 2 aromatic carbocycles. The van der Waals surface area contributed by atoms with Gasteiger partial charge in [0.2, 0.25) is 17.6 Å². The first-order chi connectivity index (χ1) is 17.1. The number of ketones is 1. The highest BCUT2D eigenvalue weighted by Gasteiger charge is 2.24. The molecule has 1 fully saturated rings. The number of carbonyl (C=O) groups is 2. The number of carbonyl (C=O) groups excluding carboxylic acids is 2. The van der Waals surface area contributed by atoms with Gasteiger partial charge in [-0.25, -0.2) is 0 Å². The molecule has 9 heteroatoms. The van der Waals surface area contributed by atoms with Gasteiger partial charge in [0.15, 0.2) is 17.3 Å². The molecule has 182 valence electrons. The molecule has 35 heavy (non-hydrogen) atoms. The SMILES string of the molecule is Cc1ccccc1-c1noc(CN2CCN(C(=O)CCC(=O)c3ccc4c(c3)OCCO4)CC2)n1. The molecule has 3 heterocycles. The van der Waals surface area contributed by atoms with E-state index in [0.29, 0.717) is 74.7 Å². The predicted octanol–water partition coefficient (Wildman–Crippen LogP) is 3.12.